The van der Waals surface area contributed by atoms with Crippen LogP contribution in [0.2, 0.25) is 5.02 Å². The summed E-state index contributed by atoms with van der Waals surface area (Å²) in [5.41, 5.74) is 2.08. The summed E-state index contributed by atoms with van der Waals surface area (Å²) in [4.78, 5) is 24.4. The molecule has 0 atom stereocenters. The van der Waals surface area contributed by atoms with Crippen molar-refractivity contribution in [3.05, 3.63) is 57.9 Å². The second-order valence-corrected chi connectivity index (χ2v) is 7.03. The van der Waals surface area contributed by atoms with Gasteiger partial charge < -0.3 is 10.6 Å². The average molecular weight is 361 g/mol. The average Bonchev–Trinajstić information content (AvgIpc) is 3.23. The van der Waals surface area contributed by atoms with E-state index in [2.05, 4.69) is 10.6 Å². The van der Waals surface area contributed by atoms with Crippen LogP contribution in [0.4, 0.5) is 5.00 Å². The highest BCUT2D eigenvalue weighted by Crippen LogP contribution is 2.27. The molecule has 1 aromatic heterocycles. The van der Waals surface area contributed by atoms with Gasteiger partial charge in [-0.15, -0.1) is 11.3 Å². The highest BCUT2D eigenvalue weighted by atomic mass is 35.5. The van der Waals surface area contributed by atoms with Crippen LogP contribution in [0.15, 0.2) is 41.8 Å². The van der Waals surface area contributed by atoms with Gasteiger partial charge in [0.2, 0.25) is 5.91 Å². The summed E-state index contributed by atoms with van der Waals surface area (Å²) >= 11 is 7.47. The van der Waals surface area contributed by atoms with E-state index in [0.717, 1.165) is 24.0 Å². The van der Waals surface area contributed by atoms with Crippen molar-refractivity contribution in [3.63, 3.8) is 0 Å². The number of benzene rings is 1. The summed E-state index contributed by atoms with van der Waals surface area (Å²) in [6.45, 7) is 1.83. The van der Waals surface area contributed by atoms with E-state index in [9.17, 15) is 9.59 Å². The van der Waals surface area contributed by atoms with Crippen molar-refractivity contribution in [1.82, 2.24) is 5.32 Å². The van der Waals surface area contributed by atoms with Crippen molar-refractivity contribution in [2.75, 3.05) is 5.32 Å². The Kier molecular flexibility index (Phi) is 5.02. The fourth-order valence-corrected chi connectivity index (χ4v) is 3.35. The van der Waals surface area contributed by atoms with Gasteiger partial charge in [0.1, 0.15) is 5.00 Å². The van der Waals surface area contributed by atoms with Crippen molar-refractivity contribution in [1.29, 1.82) is 0 Å². The molecule has 1 aliphatic rings. The molecule has 0 aliphatic heterocycles. The molecular formula is C18H17ClN2O2S. The molecular weight excluding hydrogens is 344 g/mol. The lowest BCUT2D eigenvalue weighted by Crippen LogP contribution is -2.26. The van der Waals surface area contributed by atoms with Crippen molar-refractivity contribution in [2.45, 2.75) is 25.8 Å². The molecule has 2 N–H and O–H groups in total. The van der Waals surface area contributed by atoms with Gasteiger partial charge in [0.25, 0.3) is 5.91 Å². The van der Waals surface area contributed by atoms with E-state index in [1.54, 1.807) is 17.5 Å². The Hall–Kier alpha value is -2.11. The zero-order valence-electron chi connectivity index (χ0n) is 13.1. The molecule has 2 aromatic rings. The third kappa shape index (κ3) is 4.04. The minimum Gasteiger partial charge on any atom is -0.349 e. The van der Waals surface area contributed by atoms with Crippen molar-refractivity contribution in [3.8, 4) is 0 Å². The second-order valence-electron chi connectivity index (χ2n) is 5.71. The number of carbonyl (C=O) groups excluding carboxylic acids is 2. The molecule has 1 aliphatic carbocycles. The van der Waals surface area contributed by atoms with E-state index in [-0.39, 0.29) is 17.9 Å². The van der Waals surface area contributed by atoms with Crippen LogP contribution in [0.25, 0.3) is 5.57 Å². The Morgan fingerprint density at radius 3 is 2.67 bits per heavy atom. The highest BCUT2D eigenvalue weighted by Gasteiger charge is 2.25. The van der Waals surface area contributed by atoms with E-state index in [4.69, 9.17) is 11.6 Å². The number of nitrogens with one attached hydrogen (secondary N) is 2. The molecule has 4 nitrogen and oxygen atoms in total. The monoisotopic (exact) mass is 360 g/mol. The molecule has 0 saturated heterocycles. The lowest BCUT2D eigenvalue weighted by atomic mass is 10.1. The van der Waals surface area contributed by atoms with E-state index >= 15 is 0 Å². The zero-order chi connectivity index (χ0) is 17.1. The van der Waals surface area contributed by atoms with Crippen LogP contribution in [0, 0.1) is 0 Å². The fourth-order valence-electron chi connectivity index (χ4n) is 2.28. The van der Waals surface area contributed by atoms with Crippen LogP contribution in [0.3, 0.4) is 0 Å². The SMILES string of the molecule is CC(=CC(=O)Nc1sccc1C(=O)NC1CC1)c1ccccc1Cl. The first kappa shape index (κ1) is 16.7. The first-order chi connectivity index (χ1) is 11.5. The normalized spacial score (nSPS) is 14.3. The van der Waals surface area contributed by atoms with E-state index in [0.29, 0.717) is 15.6 Å². The summed E-state index contributed by atoms with van der Waals surface area (Å²) in [7, 11) is 0. The molecule has 3 rings (SSSR count). The predicted molar refractivity (Wildman–Crippen MR) is 98.5 cm³/mol. The predicted octanol–water partition coefficient (Wildman–Crippen LogP) is 4.34. The summed E-state index contributed by atoms with van der Waals surface area (Å²) in [6, 6.07) is 9.37. The number of hydrogen-bond donors (Lipinski definition) is 2. The van der Waals surface area contributed by atoms with Gasteiger partial charge in [0, 0.05) is 17.1 Å². The van der Waals surface area contributed by atoms with Crippen molar-refractivity contribution >= 4 is 45.3 Å². The number of thiophene rings is 1. The smallest absolute Gasteiger partial charge is 0.254 e. The third-order valence-electron chi connectivity index (χ3n) is 3.71. The van der Waals surface area contributed by atoms with Crippen molar-refractivity contribution in [2.24, 2.45) is 0 Å². The van der Waals surface area contributed by atoms with Crippen LogP contribution in [-0.4, -0.2) is 17.9 Å². The van der Waals surface area contributed by atoms with Gasteiger partial charge in [-0.25, -0.2) is 0 Å². The van der Waals surface area contributed by atoms with Gasteiger partial charge in [0.05, 0.1) is 5.56 Å². The van der Waals surface area contributed by atoms with Crippen LogP contribution >= 0.6 is 22.9 Å². The quantitative estimate of drug-likeness (QED) is 0.779. The Morgan fingerprint density at radius 1 is 1.21 bits per heavy atom. The lowest BCUT2D eigenvalue weighted by molar-refractivity contribution is -0.111. The Labute approximate surface area is 149 Å². The standard InChI is InChI=1S/C18H17ClN2O2S/c1-11(13-4-2-3-5-15(13)19)10-16(22)21-18-14(8-9-24-18)17(23)20-12-6-7-12/h2-5,8-10,12H,6-7H2,1H3,(H,20,23)(H,21,22). The number of allylic oxidation sites excluding steroid dienone is 1. The summed E-state index contributed by atoms with van der Waals surface area (Å²) in [6.07, 6.45) is 3.54. The molecule has 0 spiro atoms. The summed E-state index contributed by atoms with van der Waals surface area (Å²) in [5, 5.41) is 8.66. The molecule has 24 heavy (non-hydrogen) atoms. The fraction of sp³-hybridized carbons (Fsp3) is 0.222. The summed E-state index contributed by atoms with van der Waals surface area (Å²) < 4.78 is 0. The number of anilines is 1. The van der Waals surface area contributed by atoms with E-state index < -0.39 is 0 Å². The van der Waals surface area contributed by atoms with Gasteiger partial charge in [0.15, 0.2) is 0 Å². The highest BCUT2D eigenvalue weighted by molar-refractivity contribution is 7.14. The first-order valence-corrected chi connectivity index (χ1v) is 8.93. The molecule has 0 bridgehead atoms. The topological polar surface area (TPSA) is 58.2 Å². The van der Waals surface area contributed by atoms with Crippen LogP contribution in [-0.2, 0) is 4.79 Å². The third-order valence-corrected chi connectivity index (χ3v) is 4.86. The molecule has 1 fully saturated rings. The van der Waals surface area contributed by atoms with Gasteiger partial charge in [-0.1, -0.05) is 29.8 Å². The molecule has 124 valence electrons. The second kappa shape index (κ2) is 7.20. The maximum atomic E-state index is 12.3. The van der Waals surface area contributed by atoms with Crippen LogP contribution in [0.5, 0.6) is 0 Å². The lowest BCUT2D eigenvalue weighted by Gasteiger charge is -2.07. The van der Waals surface area contributed by atoms with Crippen molar-refractivity contribution < 1.29 is 9.59 Å². The number of carbonyl (C=O) groups is 2. The van der Waals surface area contributed by atoms with Gasteiger partial charge >= 0.3 is 0 Å². The largest absolute Gasteiger partial charge is 0.349 e. The minimum absolute atomic E-state index is 0.138. The molecule has 2 amide bonds. The summed E-state index contributed by atoms with van der Waals surface area (Å²) in [5.74, 6) is -0.420. The Balaban J connectivity index is 1.71. The van der Waals surface area contributed by atoms with E-state index in [1.807, 2.05) is 25.1 Å². The van der Waals surface area contributed by atoms with Gasteiger partial charge in [-0.3, -0.25) is 9.59 Å². The Bertz CT molecular complexity index is 809. The molecule has 0 radical (unpaired) electrons. The number of amides is 2. The zero-order valence-corrected chi connectivity index (χ0v) is 14.7. The van der Waals surface area contributed by atoms with Crippen LogP contribution in [0.1, 0.15) is 35.7 Å². The first-order valence-electron chi connectivity index (χ1n) is 7.67. The van der Waals surface area contributed by atoms with Gasteiger partial charge in [-0.2, -0.15) is 0 Å². The molecule has 1 saturated carbocycles. The Morgan fingerprint density at radius 2 is 1.96 bits per heavy atom. The maximum absolute atomic E-state index is 12.3. The van der Waals surface area contributed by atoms with Crippen LogP contribution < -0.4 is 10.6 Å². The van der Waals surface area contributed by atoms with E-state index in [1.165, 1.54) is 17.4 Å². The molecule has 1 heterocycles. The number of rotatable bonds is 5. The molecule has 6 heteroatoms. The molecule has 0 unspecified atom stereocenters. The maximum Gasteiger partial charge on any atom is 0.254 e. The number of hydrogen-bond acceptors (Lipinski definition) is 3. The molecule has 1 aromatic carbocycles. The number of halogens is 1. The minimum atomic E-state index is -0.282. The van der Waals surface area contributed by atoms with Gasteiger partial charge in [-0.05, 0) is 48.4 Å².